The molecule has 0 bridgehead atoms. The van der Waals surface area contributed by atoms with Crippen LogP contribution in [0.5, 0.6) is 0 Å². The number of nitrogens with zero attached hydrogens (tertiary/aromatic N) is 1. The standard InChI is InChI=1S/C14H19N3O3/c1-10(18)16-12-4-2-11(3-5-12)8-17-7-6-13(9-17)20-14(15)19/h2-5,13H,6-9H2,1H3,(H2,15,19)(H,16,18). The summed E-state index contributed by atoms with van der Waals surface area (Å²) in [4.78, 5) is 23.8. The Balaban J connectivity index is 1.85. The van der Waals surface area contributed by atoms with E-state index in [9.17, 15) is 9.59 Å². The lowest BCUT2D eigenvalue weighted by Gasteiger charge is -2.16. The van der Waals surface area contributed by atoms with E-state index in [1.807, 2.05) is 24.3 Å². The Labute approximate surface area is 117 Å². The number of nitrogens with one attached hydrogen (secondary N) is 1. The van der Waals surface area contributed by atoms with Crippen LogP contribution in [0, 0.1) is 0 Å². The van der Waals surface area contributed by atoms with Crippen molar-refractivity contribution in [1.82, 2.24) is 4.90 Å². The number of rotatable bonds is 4. The van der Waals surface area contributed by atoms with Gasteiger partial charge in [0.1, 0.15) is 6.10 Å². The van der Waals surface area contributed by atoms with Crippen molar-refractivity contribution >= 4 is 17.7 Å². The summed E-state index contributed by atoms with van der Waals surface area (Å²) in [6, 6.07) is 7.72. The molecule has 108 valence electrons. The monoisotopic (exact) mass is 277 g/mol. The van der Waals surface area contributed by atoms with Crippen LogP contribution in [0.15, 0.2) is 24.3 Å². The van der Waals surface area contributed by atoms with E-state index < -0.39 is 6.09 Å². The highest BCUT2D eigenvalue weighted by atomic mass is 16.6. The normalized spacial score (nSPS) is 18.8. The number of carbonyl (C=O) groups is 2. The molecule has 1 heterocycles. The first-order valence-electron chi connectivity index (χ1n) is 6.58. The van der Waals surface area contributed by atoms with Crippen LogP contribution < -0.4 is 11.1 Å². The third-order valence-electron chi connectivity index (χ3n) is 3.19. The number of amides is 2. The second-order valence-corrected chi connectivity index (χ2v) is 4.96. The molecule has 6 nitrogen and oxygen atoms in total. The summed E-state index contributed by atoms with van der Waals surface area (Å²) < 4.78 is 4.99. The van der Waals surface area contributed by atoms with Crippen LogP contribution in [-0.4, -0.2) is 36.1 Å². The van der Waals surface area contributed by atoms with Crippen LogP contribution in [0.25, 0.3) is 0 Å². The van der Waals surface area contributed by atoms with Crippen LogP contribution in [0.4, 0.5) is 10.5 Å². The van der Waals surface area contributed by atoms with Gasteiger partial charge in [0.15, 0.2) is 0 Å². The lowest BCUT2D eigenvalue weighted by Crippen LogP contribution is -2.26. The van der Waals surface area contributed by atoms with Crippen molar-refractivity contribution in [3.8, 4) is 0 Å². The lowest BCUT2D eigenvalue weighted by atomic mass is 10.2. The number of hydrogen-bond donors (Lipinski definition) is 2. The molecule has 1 atom stereocenters. The third-order valence-corrected chi connectivity index (χ3v) is 3.19. The Kier molecular flexibility index (Phi) is 4.57. The summed E-state index contributed by atoms with van der Waals surface area (Å²) in [7, 11) is 0. The molecule has 1 aromatic rings. The Morgan fingerprint density at radius 2 is 2.10 bits per heavy atom. The molecule has 0 aliphatic carbocycles. The van der Waals surface area contributed by atoms with Gasteiger partial charge in [-0.15, -0.1) is 0 Å². The van der Waals surface area contributed by atoms with Gasteiger partial charge in [0.25, 0.3) is 0 Å². The van der Waals surface area contributed by atoms with Crippen LogP contribution in [-0.2, 0) is 16.1 Å². The van der Waals surface area contributed by atoms with E-state index in [4.69, 9.17) is 10.5 Å². The highest BCUT2D eigenvalue weighted by Gasteiger charge is 2.24. The molecular formula is C14H19N3O3. The Morgan fingerprint density at radius 1 is 1.40 bits per heavy atom. The molecule has 0 saturated carbocycles. The van der Waals surface area contributed by atoms with Gasteiger partial charge in [-0.2, -0.15) is 0 Å². The fraction of sp³-hybridized carbons (Fsp3) is 0.429. The van der Waals surface area contributed by atoms with Gasteiger partial charge in [-0.25, -0.2) is 4.79 Å². The number of primary amides is 1. The molecule has 1 aliphatic rings. The van der Waals surface area contributed by atoms with Crippen molar-refractivity contribution in [2.45, 2.75) is 26.0 Å². The van der Waals surface area contributed by atoms with Crippen LogP contribution in [0.1, 0.15) is 18.9 Å². The van der Waals surface area contributed by atoms with Crippen molar-refractivity contribution in [2.24, 2.45) is 5.73 Å². The maximum absolute atomic E-state index is 10.9. The predicted octanol–water partition coefficient (Wildman–Crippen LogP) is 1.31. The number of likely N-dealkylation sites (tertiary alicyclic amines) is 1. The molecule has 1 unspecified atom stereocenters. The number of carbonyl (C=O) groups excluding carboxylic acids is 2. The largest absolute Gasteiger partial charge is 0.445 e. The highest BCUT2D eigenvalue weighted by Crippen LogP contribution is 2.17. The van der Waals surface area contributed by atoms with Gasteiger partial charge >= 0.3 is 6.09 Å². The molecule has 2 rings (SSSR count). The van der Waals surface area contributed by atoms with E-state index in [2.05, 4.69) is 10.2 Å². The molecule has 20 heavy (non-hydrogen) atoms. The SMILES string of the molecule is CC(=O)Nc1ccc(CN2CCC(OC(N)=O)C2)cc1. The van der Waals surface area contributed by atoms with E-state index in [0.29, 0.717) is 6.54 Å². The zero-order valence-corrected chi connectivity index (χ0v) is 11.5. The number of nitrogens with two attached hydrogens (primary N) is 1. The quantitative estimate of drug-likeness (QED) is 0.869. The first kappa shape index (κ1) is 14.3. The van der Waals surface area contributed by atoms with Gasteiger partial charge in [0.05, 0.1) is 0 Å². The summed E-state index contributed by atoms with van der Waals surface area (Å²) >= 11 is 0. The van der Waals surface area contributed by atoms with Crippen LogP contribution in [0.2, 0.25) is 0 Å². The molecule has 0 radical (unpaired) electrons. The molecule has 0 spiro atoms. The van der Waals surface area contributed by atoms with E-state index >= 15 is 0 Å². The van der Waals surface area contributed by atoms with Gasteiger partial charge < -0.3 is 15.8 Å². The first-order valence-corrected chi connectivity index (χ1v) is 6.58. The third kappa shape index (κ3) is 4.24. The van der Waals surface area contributed by atoms with Gasteiger partial charge in [-0.3, -0.25) is 9.69 Å². The van der Waals surface area contributed by atoms with Crippen molar-refractivity contribution in [2.75, 3.05) is 18.4 Å². The van der Waals surface area contributed by atoms with Crippen molar-refractivity contribution in [1.29, 1.82) is 0 Å². The molecule has 3 N–H and O–H groups in total. The average molecular weight is 277 g/mol. The maximum atomic E-state index is 10.9. The molecule has 1 aromatic carbocycles. The minimum absolute atomic E-state index is 0.0799. The summed E-state index contributed by atoms with van der Waals surface area (Å²) in [6.45, 7) is 3.86. The van der Waals surface area contributed by atoms with Crippen LogP contribution in [0.3, 0.4) is 0 Å². The van der Waals surface area contributed by atoms with Crippen molar-refractivity contribution in [3.05, 3.63) is 29.8 Å². The van der Waals surface area contributed by atoms with E-state index in [0.717, 1.165) is 30.8 Å². The topological polar surface area (TPSA) is 84.7 Å². The van der Waals surface area contributed by atoms with Gasteiger partial charge in [0, 0.05) is 32.2 Å². The summed E-state index contributed by atoms with van der Waals surface area (Å²) in [5.74, 6) is -0.0799. The van der Waals surface area contributed by atoms with Gasteiger partial charge in [-0.05, 0) is 24.1 Å². The minimum Gasteiger partial charge on any atom is -0.445 e. The number of hydrogen-bond acceptors (Lipinski definition) is 4. The van der Waals surface area contributed by atoms with E-state index in [1.165, 1.54) is 6.92 Å². The Morgan fingerprint density at radius 3 is 2.70 bits per heavy atom. The van der Waals surface area contributed by atoms with Gasteiger partial charge in [-0.1, -0.05) is 12.1 Å². The second kappa shape index (κ2) is 6.38. The molecular weight excluding hydrogens is 258 g/mol. The summed E-state index contributed by atoms with van der Waals surface area (Å²) in [6.07, 6.45) is -0.00456. The van der Waals surface area contributed by atoms with Crippen molar-refractivity contribution in [3.63, 3.8) is 0 Å². The summed E-state index contributed by atoms with van der Waals surface area (Å²) in [5.41, 5.74) is 6.95. The molecule has 1 aliphatic heterocycles. The van der Waals surface area contributed by atoms with Gasteiger partial charge in [0.2, 0.25) is 5.91 Å². The highest BCUT2D eigenvalue weighted by molar-refractivity contribution is 5.88. The van der Waals surface area contributed by atoms with Crippen molar-refractivity contribution < 1.29 is 14.3 Å². The maximum Gasteiger partial charge on any atom is 0.404 e. The minimum atomic E-state index is -0.712. The fourth-order valence-electron chi connectivity index (χ4n) is 2.36. The molecule has 6 heteroatoms. The smallest absolute Gasteiger partial charge is 0.404 e. The van der Waals surface area contributed by atoms with Crippen LogP contribution >= 0.6 is 0 Å². The Hall–Kier alpha value is -2.08. The zero-order chi connectivity index (χ0) is 14.5. The van der Waals surface area contributed by atoms with E-state index in [1.54, 1.807) is 0 Å². The number of ether oxygens (including phenoxy) is 1. The summed E-state index contributed by atoms with van der Waals surface area (Å²) in [5, 5.41) is 2.73. The molecule has 2 amide bonds. The molecule has 1 saturated heterocycles. The number of anilines is 1. The first-order chi connectivity index (χ1) is 9.52. The predicted molar refractivity (Wildman–Crippen MR) is 75.1 cm³/mol. The fourth-order valence-corrected chi connectivity index (χ4v) is 2.36. The zero-order valence-electron chi connectivity index (χ0n) is 11.5. The Bertz CT molecular complexity index is 487. The molecule has 1 fully saturated rings. The second-order valence-electron chi connectivity index (χ2n) is 4.96. The molecule has 0 aromatic heterocycles. The number of benzene rings is 1. The average Bonchev–Trinajstić information content (AvgIpc) is 2.77. The lowest BCUT2D eigenvalue weighted by molar-refractivity contribution is -0.114. The van der Waals surface area contributed by atoms with E-state index in [-0.39, 0.29) is 12.0 Å².